The second kappa shape index (κ2) is 7.43. The summed E-state index contributed by atoms with van der Waals surface area (Å²) in [7, 11) is 0. The number of amides is 2. The van der Waals surface area contributed by atoms with Gasteiger partial charge in [0.05, 0.1) is 0 Å². The molecule has 0 saturated heterocycles. The zero-order chi connectivity index (χ0) is 15.1. The number of benzene rings is 2. The van der Waals surface area contributed by atoms with E-state index in [1.165, 1.54) is 11.6 Å². The zero-order valence-electron chi connectivity index (χ0n) is 12.0. The summed E-state index contributed by atoms with van der Waals surface area (Å²) in [5.74, 6) is -0.241. The number of hydrogen-bond donors (Lipinski definition) is 2. The van der Waals surface area contributed by atoms with Crippen molar-refractivity contribution in [3.63, 3.8) is 0 Å². The fourth-order valence-electron chi connectivity index (χ4n) is 2.01. The van der Waals surface area contributed by atoms with E-state index in [0.717, 1.165) is 12.1 Å². The number of hydrogen-bond acceptors (Lipinski definition) is 1. The number of halogens is 1. The van der Waals surface area contributed by atoms with Gasteiger partial charge in [-0.3, -0.25) is 0 Å². The number of nitrogens with one attached hydrogen (secondary N) is 2. The Morgan fingerprint density at radius 1 is 1.10 bits per heavy atom. The van der Waals surface area contributed by atoms with Gasteiger partial charge in [0.25, 0.3) is 0 Å². The molecular weight excluding hydrogens is 267 g/mol. The Balaban J connectivity index is 1.78. The van der Waals surface area contributed by atoms with E-state index in [1.807, 2.05) is 24.3 Å². The molecule has 0 bridgehead atoms. The number of carbonyl (C=O) groups excluding carboxylic acids is 1. The van der Waals surface area contributed by atoms with E-state index in [9.17, 15) is 9.18 Å². The maximum Gasteiger partial charge on any atom is 0.319 e. The molecule has 0 spiro atoms. The van der Waals surface area contributed by atoms with Gasteiger partial charge in [0, 0.05) is 12.2 Å². The average molecular weight is 286 g/mol. The second-order valence-electron chi connectivity index (χ2n) is 4.77. The third-order valence-corrected chi connectivity index (χ3v) is 3.26. The molecule has 2 amide bonds. The first kappa shape index (κ1) is 15.0. The van der Waals surface area contributed by atoms with Gasteiger partial charge >= 0.3 is 6.03 Å². The van der Waals surface area contributed by atoms with Crippen LogP contribution in [0.15, 0.2) is 48.5 Å². The molecule has 3 nitrogen and oxygen atoms in total. The minimum absolute atomic E-state index is 0.241. The molecule has 2 rings (SSSR count). The molecule has 0 aliphatic rings. The van der Waals surface area contributed by atoms with Gasteiger partial charge in [-0.15, -0.1) is 0 Å². The smallest absolute Gasteiger partial charge is 0.319 e. The highest BCUT2D eigenvalue weighted by molar-refractivity contribution is 5.89. The van der Waals surface area contributed by atoms with Crippen LogP contribution in [0.2, 0.25) is 0 Å². The normalized spacial score (nSPS) is 10.2. The predicted molar refractivity (Wildman–Crippen MR) is 82.9 cm³/mol. The Morgan fingerprint density at radius 2 is 1.81 bits per heavy atom. The van der Waals surface area contributed by atoms with Crippen molar-refractivity contribution in [2.24, 2.45) is 0 Å². The number of urea groups is 1. The Labute approximate surface area is 124 Å². The minimum atomic E-state index is -0.282. The molecule has 0 saturated carbocycles. The van der Waals surface area contributed by atoms with E-state index in [4.69, 9.17) is 0 Å². The van der Waals surface area contributed by atoms with Crippen LogP contribution in [-0.4, -0.2) is 12.6 Å². The maximum absolute atomic E-state index is 13.4. The SMILES string of the molecule is CCc1ccc(NC(=O)NCCc2ccccc2F)cc1. The lowest BCUT2D eigenvalue weighted by atomic mass is 10.1. The van der Waals surface area contributed by atoms with Gasteiger partial charge in [0.2, 0.25) is 0 Å². The van der Waals surface area contributed by atoms with Crippen molar-refractivity contribution in [2.45, 2.75) is 19.8 Å². The van der Waals surface area contributed by atoms with Crippen molar-refractivity contribution in [3.8, 4) is 0 Å². The van der Waals surface area contributed by atoms with Crippen LogP contribution in [0.5, 0.6) is 0 Å². The molecular formula is C17H19FN2O. The second-order valence-corrected chi connectivity index (χ2v) is 4.77. The third-order valence-electron chi connectivity index (χ3n) is 3.26. The topological polar surface area (TPSA) is 41.1 Å². The summed E-state index contributed by atoms with van der Waals surface area (Å²) in [4.78, 5) is 11.7. The molecule has 2 aromatic rings. The molecule has 4 heteroatoms. The molecule has 0 aliphatic carbocycles. The quantitative estimate of drug-likeness (QED) is 0.863. The van der Waals surface area contributed by atoms with Crippen LogP contribution in [0.25, 0.3) is 0 Å². The summed E-state index contributed by atoms with van der Waals surface area (Å²) in [6.07, 6.45) is 1.43. The van der Waals surface area contributed by atoms with Gasteiger partial charge in [-0.1, -0.05) is 37.3 Å². The highest BCUT2D eigenvalue weighted by atomic mass is 19.1. The van der Waals surface area contributed by atoms with Crippen LogP contribution in [0.4, 0.5) is 14.9 Å². The van der Waals surface area contributed by atoms with Crippen LogP contribution in [0.1, 0.15) is 18.1 Å². The van der Waals surface area contributed by atoms with E-state index in [1.54, 1.807) is 18.2 Å². The number of rotatable bonds is 5. The van der Waals surface area contributed by atoms with Crippen molar-refractivity contribution in [3.05, 3.63) is 65.5 Å². The first-order chi connectivity index (χ1) is 10.2. The molecule has 0 heterocycles. The molecule has 21 heavy (non-hydrogen) atoms. The van der Waals surface area contributed by atoms with Crippen LogP contribution in [0.3, 0.4) is 0 Å². The Bertz CT molecular complexity index is 596. The van der Waals surface area contributed by atoms with Gasteiger partial charge in [-0.25, -0.2) is 9.18 Å². The first-order valence-corrected chi connectivity index (χ1v) is 7.06. The summed E-state index contributed by atoms with van der Waals surface area (Å²) in [5.41, 5.74) is 2.57. The molecule has 0 atom stereocenters. The highest BCUT2D eigenvalue weighted by Crippen LogP contribution is 2.10. The standard InChI is InChI=1S/C17H19FN2O/c1-2-13-7-9-15(10-8-13)20-17(21)19-12-11-14-5-3-4-6-16(14)18/h3-10H,2,11-12H2,1H3,(H2,19,20,21). The van der Waals surface area contributed by atoms with Crippen molar-refractivity contribution >= 4 is 11.7 Å². The van der Waals surface area contributed by atoms with Crippen LogP contribution in [-0.2, 0) is 12.8 Å². The van der Waals surface area contributed by atoms with E-state index >= 15 is 0 Å². The molecule has 0 fully saturated rings. The lowest BCUT2D eigenvalue weighted by Gasteiger charge is -2.08. The lowest BCUT2D eigenvalue weighted by Crippen LogP contribution is -2.30. The summed E-state index contributed by atoms with van der Waals surface area (Å²) in [5, 5.41) is 5.47. The first-order valence-electron chi connectivity index (χ1n) is 7.06. The molecule has 0 radical (unpaired) electrons. The zero-order valence-corrected chi connectivity index (χ0v) is 12.0. The largest absolute Gasteiger partial charge is 0.338 e. The summed E-state index contributed by atoms with van der Waals surface area (Å²) < 4.78 is 13.4. The average Bonchev–Trinajstić information content (AvgIpc) is 2.50. The highest BCUT2D eigenvalue weighted by Gasteiger charge is 2.03. The number of anilines is 1. The van der Waals surface area contributed by atoms with Crippen LogP contribution < -0.4 is 10.6 Å². The molecule has 0 unspecified atom stereocenters. The van der Waals surface area contributed by atoms with Crippen molar-refractivity contribution in [1.82, 2.24) is 5.32 Å². The summed E-state index contributed by atoms with van der Waals surface area (Å²) in [6.45, 7) is 2.47. The number of aryl methyl sites for hydroxylation is 1. The summed E-state index contributed by atoms with van der Waals surface area (Å²) >= 11 is 0. The Morgan fingerprint density at radius 3 is 2.48 bits per heavy atom. The van der Waals surface area contributed by atoms with Crippen molar-refractivity contribution < 1.29 is 9.18 Å². The molecule has 110 valence electrons. The van der Waals surface area contributed by atoms with Gasteiger partial charge < -0.3 is 10.6 Å². The lowest BCUT2D eigenvalue weighted by molar-refractivity contribution is 0.252. The fraction of sp³-hybridized carbons (Fsp3) is 0.235. The van der Waals surface area contributed by atoms with Gasteiger partial charge in [0.1, 0.15) is 5.82 Å². The molecule has 0 aromatic heterocycles. The van der Waals surface area contributed by atoms with Gasteiger partial charge in [-0.05, 0) is 42.2 Å². The van der Waals surface area contributed by atoms with E-state index < -0.39 is 0 Å². The minimum Gasteiger partial charge on any atom is -0.338 e. The molecule has 2 N–H and O–H groups in total. The van der Waals surface area contributed by atoms with Gasteiger partial charge in [0.15, 0.2) is 0 Å². The van der Waals surface area contributed by atoms with E-state index in [0.29, 0.717) is 18.5 Å². The van der Waals surface area contributed by atoms with Gasteiger partial charge in [-0.2, -0.15) is 0 Å². The van der Waals surface area contributed by atoms with Crippen LogP contribution in [0, 0.1) is 5.82 Å². The summed E-state index contributed by atoms with van der Waals surface area (Å²) in [6, 6.07) is 14.0. The Hall–Kier alpha value is -2.36. The predicted octanol–water partition coefficient (Wildman–Crippen LogP) is 3.75. The van der Waals surface area contributed by atoms with E-state index in [-0.39, 0.29) is 11.8 Å². The Kier molecular flexibility index (Phi) is 5.32. The van der Waals surface area contributed by atoms with Crippen molar-refractivity contribution in [1.29, 1.82) is 0 Å². The molecule has 0 aliphatic heterocycles. The monoisotopic (exact) mass is 286 g/mol. The van der Waals surface area contributed by atoms with E-state index in [2.05, 4.69) is 17.6 Å². The fourth-order valence-corrected chi connectivity index (χ4v) is 2.01. The third kappa shape index (κ3) is 4.60. The van der Waals surface area contributed by atoms with Crippen molar-refractivity contribution in [2.75, 3.05) is 11.9 Å². The molecule has 2 aromatic carbocycles. The number of carbonyl (C=O) groups is 1. The van der Waals surface area contributed by atoms with Crippen LogP contribution >= 0.6 is 0 Å². The maximum atomic E-state index is 13.4.